The lowest BCUT2D eigenvalue weighted by molar-refractivity contribution is -0.143. The number of carbonyl (C=O) groups excluding carboxylic acids is 2. The Morgan fingerprint density at radius 2 is 1.31 bits per heavy atom. The third-order valence-corrected chi connectivity index (χ3v) is 7.73. The van der Waals surface area contributed by atoms with Gasteiger partial charge in [-0.15, -0.1) is 0 Å². The first kappa shape index (κ1) is 22.3. The van der Waals surface area contributed by atoms with E-state index in [9.17, 15) is 14.4 Å². The highest BCUT2D eigenvalue weighted by Gasteiger charge is 2.62. The van der Waals surface area contributed by atoms with Crippen LogP contribution in [0.2, 0.25) is 0 Å². The second-order valence-corrected chi connectivity index (χ2v) is 9.78. The summed E-state index contributed by atoms with van der Waals surface area (Å²) in [6.07, 6.45) is 0. The molecule has 3 atom stereocenters. The number of rotatable bonds is 5. The van der Waals surface area contributed by atoms with Gasteiger partial charge in [0.25, 0.3) is 0 Å². The van der Waals surface area contributed by atoms with Crippen molar-refractivity contribution in [3.8, 4) is 0 Å². The normalized spacial score (nSPS) is 22.7. The average molecular weight is 479 g/mol. The number of carbonyl (C=O) groups is 2. The summed E-state index contributed by atoms with van der Waals surface area (Å²) in [6.45, 7) is 2.40. The number of aromatic nitrogens is 2. The molecule has 0 unspecified atom stereocenters. The van der Waals surface area contributed by atoms with Gasteiger partial charge in [0.2, 0.25) is 0 Å². The molecule has 36 heavy (non-hydrogen) atoms. The Kier molecular flexibility index (Phi) is 5.25. The molecule has 0 spiro atoms. The summed E-state index contributed by atoms with van der Waals surface area (Å²) in [5.41, 5.74) is 2.20. The van der Waals surface area contributed by atoms with Gasteiger partial charge in [0.1, 0.15) is 11.1 Å². The molecule has 1 aromatic heterocycles. The molecule has 0 radical (unpaired) electrons. The van der Waals surface area contributed by atoms with Crippen molar-refractivity contribution in [3.63, 3.8) is 0 Å². The van der Waals surface area contributed by atoms with Gasteiger partial charge in [0.05, 0.1) is 25.4 Å². The number of hydrogen-bond acceptors (Lipinski definition) is 4. The second-order valence-electron chi connectivity index (χ2n) is 9.78. The van der Waals surface area contributed by atoms with E-state index in [1.54, 1.807) is 16.1 Å². The maximum Gasteiger partial charge on any atom is 0.329 e. The number of benzene rings is 3. The van der Waals surface area contributed by atoms with Crippen LogP contribution in [0.15, 0.2) is 95.8 Å². The molecule has 0 N–H and O–H groups in total. The van der Waals surface area contributed by atoms with Crippen LogP contribution in [-0.2, 0) is 22.6 Å². The molecule has 1 aliphatic carbocycles. The zero-order valence-corrected chi connectivity index (χ0v) is 20.0. The number of nitrogens with zero attached hydrogens (tertiary/aromatic N) is 2. The molecule has 1 saturated heterocycles. The van der Waals surface area contributed by atoms with E-state index in [0.717, 1.165) is 16.7 Å². The van der Waals surface area contributed by atoms with Crippen LogP contribution >= 0.6 is 0 Å². The van der Waals surface area contributed by atoms with Crippen LogP contribution in [0.25, 0.3) is 0 Å². The van der Waals surface area contributed by atoms with Crippen LogP contribution in [0, 0.1) is 11.3 Å². The van der Waals surface area contributed by atoms with Gasteiger partial charge in [-0.3, -0.25) is 18.7 Å². The largest absolute Gasteiger partial charge is 0.465 e. The average Bonchev–Trinajstić information content (AvgIpc) is 3.36. The summed E-state index contributed by atoms with van der Waals surface area (Å²) in [6, 6.07) is 29.2. The maximum atomic E-state index is 14.2. The standard InChI is InChI=1S/C30H26N2O4/c1-30-23(19-36-28(30)34)24(22-15-9-4-10-16-22)25-26(27(30)33)32(18-21-13-7-3-8-14-21)29(35)31(25)17-20-11-5-2-6-12-20/h2-16,23-24H,17-19H2,1H3/t23-,24-,30-/m0/s1. The SMILES string of the molecule is C[C@]12C(=O)OC[C@H]1[C@H](c1ccccc1)c1c(n(Cc3ccccc3)c(=O)n1Cc1ccccc1)C2=O. The second kappa shape index (κ2) is 8.48. The molecule has 3 aromatic carbocycles. The van der Waals surface area contributed by atoms with Crippen molar-refractivity contribution in [2.75, 3.05) is 6.61 Å². The van der Waals surface area contributed by atoms with E-state index in [0.29, 0.717) is 17.9 Å². The van der Waals surface area contributed by atoms with Crippen LogP contribution in [-0.4, -0.2) is 27.5 Å². The quantitative estimate of drug-likeness (QED) is 0.318. The van der Waals surface area contributed by atoms with Gasteiger partial charge in [0.15, 0.2) is 5.78 Å². The van der Waals surface area contributed by atoms with E-state index in [1.165, 1.54) is 0 Å². The Labute approximate surface area is 208 Å². The van der Waals surface area contributed by atoms with Gasteiger partial charge in [0, 0.05) is 11.8 Å². The van der Waals surface area contributed by atoms with E-state index in [2.05, 4.69) is 0 Å². The van der Waals surface area contributed by atoms with Crippen molar-refractivity contribution in [1.29, 1.82) is 0 Å². The zero-order chi connectivity index (χ0) is 24.9. The molecular weight excluding hydrogens is 452 g/mol. The molecule has 6 heteroatoms. The Morgan fingerprint density at radius 3 is 1.89 bits per heavy atom. The smallest absolute Gasteiger partial charge is 0.329 e. The van der Waals surface area contributed by atoms with Gasteiger partial charge in [-0.1, -0.05) is 91.0 Å². The minimum absolute atomic E-state index is 0.142. The van der Waals surface area contributed by atoms with E-state index in [4.69, 9.17) is 4.74 Å². The Bertz CT molecular complexity index is 1510. The van der Waals surface area contributed by atoms with Crippen LogP contribution in [0.5, 0.6) is 0 Å². The lowest BCUT2D eigenvalue weighted by Crippen LogP contribution is -2.46. The highest BCUT2D eigenvalue weighted by Crippen LogP contribution is 2.53. The minimum atomic E-state index is -1.35. The molecule has 2 heterocycles. The predicted octanol–water partition coefficient (Wildman–Crippen LogP) is 4.25. The van der Waals surface area contributed by atoms with Gasteiger partial charge in [-0.2, -0.15) is 0 Å². The molecule has 2 aliphatic rings. The monoisotopic (exact) mass is 478 g/mol. The zero-order valence-electron chi connectivity index (χ0n) is 20.0. The van der Waals surface area contributed by atoms with Crippen molar-refractivity contribution < 1.29 is 14.3 Å². The first-order valence-corrected chi connectivity index (χ1v) is 12.2. The molecule has 0 amide bonds. The molecule has 180 valence electrons. The van der Waals surface area contributed by atoms with Gasteiger partial charge >= 0.3 is 11.7 Å². The number of imidazole rings is 1. The number of hydrogen-bond donors (Lipinski definition) is 0. The highest BCUT2D eigenvalue weighted by atomic mass is 16.5. The predicted molar refractivity (Wildman–Crippen MR) is 135 cm³/mol. The Morgan fingerprint density at radius 1 is 0.778 bits per heavy atom. The molecule has 6 nitrogen and oxygen atoms in total. The maximum absolute atomic E-state index is 14.2. The van der Waals surface area contributed by atoms with E-state index < -0.39 is 17.3 Å². The number of Topliss-reactive ketones (excluding diaryl/α,β-unsaturated/α-hetero) is 1. The lowest BCUT2D eigenvalue weighted by atomic mass is 9.62. The van der Waals surface area contributed by atoms with Crippen LogP contribution in [0.1, 0.15) is 45.7 Å². The fraction of sp³-hybridized carbons (Fsp3) is 0.233. The lowest BCUT2D eigenvalue weighted by Gasteiger charge is -2.37. The molecule has 1 aliphatic heterocycles. The first-order chi connectivity index (χ1) is 17.5. The summed E-state index contributed by atoms with van der Waals surface area (Å²) in [5, 5.41) is 0. The van der Waals surface area contributed by atoms with Crippen molar-refractivity contribution in [2.24, 2.45) is 11.3 Å². The summed E-state index contributed by atoms with van der Waals surface area (Å²) in [4.78, 5) is 41.3. The molecule has 1 fully saturated rings. The number of esters is 1. The Hall–Kier alpha value is -4.19. The fourth-order valence-electron chi connectivity index (χ4n) is 5.81. The van der Waals surface area contributed by atoms with Gasteiger partial charge < -0.3 is 4.74 Å². The van der Waals surface area contributed by atoms with Gasteiger partial charge in [-0.05, 0) is 23.6 Å². The molecule has 6 rings (SSSR count). The number of ketones is 1. The minimum Gasteiger partial charge on any atom is -0.465 e. The molecular formula is C30H26N2O4. The number of cyclic esters (lactones) is 1. The van der Waals surface area contributed by atoms with Crippen LogP contribution in [0.3, 0.4) is 0 Å². The van der Waals surface area contributed by atoms with Crippen LogP contribution < -0.4 is 5.69 Å². The summed E-state index contributed by atoms with van der Waals surface area (Å²) in [5.74, 6) is -1.60. The summed E-state index contributed by atoms with van der Waals surface area (Å²) in [7, 11) is 0. The molecule has 4 aromatic rings. The molecule has 0 bridgehead atoms. The Balaban J connectivity index is 1.64. The summed E-state index contributed by atoms with van der Waals surface area (Å²) < 4.78 is 8.80. The third-order valence-electron chi connectivity index (χ3n) is 7.73. The van der Waals surface area contributed by atoms with E-state index in [1.807, 2.05) is 91.0 Å². The first-order valence-electron chi connectivity index (χ1n) is 12.2. The van der Waals surface area contributed by atoms with Crippen molar-refractivity contribution >= 4 is 11.8 Å². The topological polar surface area (TPSA) is 70.3 Å². The van der Waals surface area contributed by atoms with Gasteiger partial charge in [-0.25, -0.2) is 4.79 Å². The summed E-state index contributed by atoms with van der Waals surface area (Å²) >= 11 is 0. The molecule has 0 saturated carbocycles. The van der Waals surface area contributed by atoms with Crippen molar-refractivity contribution in [2.45, 2.75) is 25.9 Å². The van der Waals surface area contributed by atoms with Crippen molar-refractivity contribution in [3.05, 3.63) is 130 Å². The number of fused-ring (bicyclic) bond motifs is 2. The highest BCUT2D eigenvalue weighted by molar-refractivity contribution is 6.14. The van der Waals surface area contributed by atoms with E-state index in [-0.39, 0.29) is 30.5 Å². The van der Waals surface area contributed by atoms with E-state index >= 15 is 0 Å². The van der Waals surface area contributed by atoms with Crippen LogP contribution in [0.4, 0.5) is 0 Å². The van der Waals surface area contributed by atoms with Crippen molar-refractivity contribution in [1.82, 2.24) is 9.13 Å². The fourth-order valence-corrected chi connectivity index (χ4v) is 5.81. The third kappa shape index (κ3) is 3.28. The number of ether oxygens (including phenoxy) is 1.